The van der Waals surface area contributed by atoms with Crippen molar-refractivity contribution in [3.63, 3.8) is 0 Å². The Labute approximate surface area is 125 Å². The van der Waals surface area contributed by atoms with Gasteiger partial charge in [0, 0.05) is 30.7 Å². The fraction of sp³-hybridized carbons (Fsp3) is 0.600. The van der Waals surface area contributed by atoms with Crippen LogP contribution in [0.1, 0.15) is 24.4 Å². The van der Waals surface area contributed by atoms with E-state index in [1.54, 1.807) is 6.07 Å². The first-order valence-corrected chi connectivity index (χ1v) is 7.56. The molecular formula is C15H23ClFN3. The Morgan fingerprint density at radius 2 is 2.05 bits per heavy atom. The van der Waals surface area contributed by atoms with Gasteiger partial charge in [0.15, 0.2) is 0 Å². The van der Waals surface area contributed by atoms with Crippen LogP contribution < -0.4 is 5.73 Å². The third-order valence-electron chi connectivity index (χ3n) is 3.99. The summed E-state index contributed by atoms with van der Waals surface area (Å²) in [7, 11) is 2.03. The van der Waals surface area contributed by atoms with Crippen LogP contribution in [0.3, 0.4) is 0 Å². The fourth-order valence-electron chi connectivity index (χ4n) is 2.80. The number of likely N-dealkylation sites (tertiary alicyclic amines) is 1. The van der Waals surface area contributed by atoms with Crippen molar-refractivity contribution >= 4 is 11.6 Å². The van der Waals surface area contributed by atoms with Crippen LogP contribution in [0.2, 0.25) is 5.02 Å². The largest absolute Gasteiger partial charge is 0.329 e. The molecule has 1 fully saturated rings. The second-order valence-corrected chi connectivity index (χ2v) is 5.92. The van der Waals surface area contributed by atoms with Crippen LogP contribution in [-0.2, 0) is 0 Å². The molecule has 1 aromatic carbocycles. The van der Waals surface area contributed by atoms with Gasteiger partial charge in [-0.15, -0.1) is 0 Å². The Morgan fingerprint density at radius 1 is 1.35 bits per heavy atom. The van der Waals surface area contributed by atoms with Gasteiger partial charge in [0.25, 0.3) is 0 Å². The van der Waals surface area contributed by atoms with Gasteiger partial charge in [0.05, 0.1) is 0 Å². The van der Waals surface area contributed by atoms with E-state index in [1.165, 1.54) is 38.1 Å². The summed E-state index contributed by atoms with van der Waals surface area (Å²) in [4.78, 5) is 4.64. The van der Waals surface area contributed by atoms with Crippen molar-refractivity contribution < 1.29 is 4.39 Å². The quantitative estimate of drug-likeness (QED) is 0.876. The Morgan fingerprint density at radius 3 is 2.65 bits per heavy atom. The van der Waals surface area contributed by atoms with Gasteiger partial charge in [-0.3, -0.25) is 4.90 Å². The maximum Gasteiger partial charge on any atom is 0.125 e. The molecule has 1 aromatic rings. The number of rotatable bonds is 6. The van der Waals surface area contributed by atoms with E-state index in [-0.39, 0.29) is 11.9 Å². The second-order valence-electron chi connectivity index (χ2n) is 5.48. The van der Waals surface area contributed by atoms with Gasteiger partial charge in [-0.05, 0) is 56.7 Å². The van der Waals surface area contributed by atoms with Gasteiger partial charge < -0.3 is 10.6 Å². The Balaban J connectivity index is 1.98. The van der Waals surface area contributed by atoms with Crippen molar-refractivity contribution in [1.82, 2.24) is 9.80 Å². The molecule has 1 saturated heterocycles. The predicted octanol–water partition coefficient (Wildman–Crippen LogP) is 2.51. The summed E-state index contributed by atoms with van der Waals surface area (Å²) >= 11 is 5.93. The average molecular weight is 300 g/mol. The van der Waals surface area contributed by atoms with Crippen molar-refractivity contribution in [2.24, 2.45) is 5.73 Å². The molecule has 1 aliphatic rings. The third kappa shape index (κ3) is 4.16. The summed E-state index contributed by atoms with van der Waals surface area (Å²) in [6.45, 7) is 4.79. The number of likely N-dealkylation sites (N-methyl/N-ethyl adjacent to an activating group) is 1. The molecule has 2 N–H and O–H groups in total. The van der Waals surface area contributed by atoms with E-state index in [0.717, 1.165) is 18.7 Å². The van der Waals surface area contributed by atoms with Crippen LogP contribution in [0, 0.1) is 5.82 Å². The first-order chi connectivity index (χ1) is 9.60. The maximum atomic E-state index is 13.5. The summed E-state index contributed by atoms with van der Waals surface area (Å²) < 4.78 is 13.5. The Kier molecular flexibility index (Phi) is 5.78. The molecule has 0 saturated carbocycles. The molecule has 1 atom stereocenters. The van der Waals surface area contributed by atoms with E-state index in [9.17, 15) is 4.39 Å². The van der Waals surface area contributed by atoms with Gasteiger partial charge in [-0.2, -0.15) is 0 Å². The zero-order chi connectivity index (χ0) is 14.5. The van der Waals surface area contributed by atoms with Crippen molar-refractivity contribution in [2.45, 2.75) is 18.9 Å². The third-order valence-corrected chi connectivity index (χ3v) is 4.21. The highest BCUT2D eigenvalue weighted by Crippen LogP contribution is 2.23. The van der Waals surface area contributed by atoms with Crippen molar-refractivity contribution in [2.75, 3.05) is 39.8 Å². The number of nitrogens with two attached hydrogens (primary N) is 1. The van der Waals surface area contributed by atoms with Gasteiger partial charge in [0.1, 0.15) is 5.82 Å². The second kappa shape index (κ2) is 7.36. The van der Waals surface area contributed by atoms with Crippen molar-refractivity contribution in [3.05, 3.63) is 34.6 Å². The van der Waals surface area contributed by atoms with Crippen LogP contribution in [-0.4, -0.2) is 49.6 Å². The molecule has 3 nitrogen and oxygen atoms in total. The number of hydrogen-bond donors (Lipinski definition) is 1. The lowest BCUT2D eigenvalue weighted by molar-refractivity contribution is 0.209. The molecule has 2 rings (SSSR count). The molecule has 1 heterocycles. The highest BCUT2D eigenvalue weighted by Gasteiger charge is 2.18. The zero-order valence-electron chi connectivity index (χ0n) is 12.0. The lowest BCUT2D eigenvalue weighted by Crippen LogP contribution is -2.36. The van der Waals surface area contributed by atoms with E-state index >= 15 is 0 Å². The number of halogens is 2. The zero-order valence-corrected chi connectivity index (χ0v) is 12.7. The number of hydrogen-bond acceptors (Lipinski definition) is 3. The molecule has 1 aliphatic heterocycles. The summed E-state index contributed by atoms with van der Waals surface area (Å²) in [6, 6.07) is 4.65. The smallest absolute Gasteiger partial charge is 0.125 e. The molecule has 112 valence electrons. The van der Waals surface area contributed by atoms with Gasteiger partial charge >= 0.3 is 0 Å². The molecule has 20 heavy (non-hydrogen) atoms. The summed E-state index contributed by atoms with van der Waals surface area (Å²) in [5, 5.41) is 0.423. The standard InChI is InChI=1S/C15H23ClFN3/c1-19(6-7-20-4-2-3-5-20)15(11-18)12-8-13(16)10-14(17)9-12/h8-10,15H,2-7,11,18H2,1H3. The lowest BCUT2D eigenvalue weighted by Gasteiger charge is -2.29. The van der Waals surface area contributed by atoms with Crippen LogP contribution >= 0.6 is 11.6 Å². The van der Waals surface area contributed by atoms with Gasteiger partial charge in [0.2, 0.25) is 0 Å². The monoisotopic (exact) mass is 299 g/mol. The van der Waals surface area contributed by atoms with Gasteiger partial charge in [-0.25, -0.2) is 4.39 Å². The summed E-state index contributed by atoms with van der Waals surface area (Å²) in [5.41, 5.74) is 6.72. The van der Waals surface area contributed by atoms with Crippen molar-refractivity contribution in [1.29, 1.82) is 0 Å². The number of nitrogens with zero attached hydrogens (tertiary/aromatic N) is 2. The maximum absolute atomic E-state index is 13.5. The van der Waals surface area contributed by atoms with Crippen LogP contribution in [0.5, 0.6) is 0 Å². The van der Waals surface area contributed by atoms with Crippen LogP contribution in [0.15, 0.2) is 18.2 Å². The topological polar surface area (TPSA) is 32.5 Å². The number of benzene rings is 1. The SMILES string of the molecule is CN(CCN1CCCC1)C(CN)c1cc(F)cc(Cl)c1. The average Bonchev–Trinajstić information content (AvgIpc) is 2.89. The van der Waals surface area contributed by atoms with Crippen molar-refractivity contribution in [3.8, 4) is 0 Å². The highest BCUT2D eigenvalue weighted by molar-refractivity contribution is 6.30. The normalized spacial score (nSPS) is 17.9. The van der Waals surface area contributed by atoms with E-state index in [0.29, 0.717) is 11.6 Å². The Hall–Kier alpha value is -0.680. The molecule has 0 aromatic heterocycles. The molecule has 5 heteroatoms. The summed E-state index contributed by atoms with van der Waals surface area (Å²) in [6.07, 6.45) is 2.59. The van der Waals surface area contributed by atoms with Gasteiger partial charge in [-0.1, -0.05) is 11.6 Å². The minimum Gasteiger partial charge on any atom is -0.329 e. The molecule has 0 spiro atoms. The van der Waals surface area contributed by atoms with Crippen LogP contribution in [0.25, 0.3) is 0 Å². The predicted molar refractivity (Wildman–Crippen MR) is 81.5 cm³/mol. The summed E-state index contributed by atoms with van der Waals surface area (Å²) in [5.74, 6) is -0.307. The Bertz CT molecular complexity index is 415. The highest BCUT2D eigenvalue weighted by atomic mass is 35.5. The molecule has 0 radical (unpaired) electrons. The van der Waals surface area contributed by atoms with E-state index in [2.05, 4.69) is 9.80 Å². The molecular weight excluding hydrogens is 277 g/mol. The van der Waals surface area contributed by atoms with E-state index in [1.807, 2.05) is 7.05 Å². The first kappa shape index (κ1) is 15.7. The fourth-order valence-corrected chi connectivity index (χ4v) is 3.03. The molecule has 1 unspecified atom stereocenters. The van der Waals surface area contributed by atoms with E-state index < -0.39 is 0 Å². The molecule has 0 bridgehead atoms. The minimum atomic E-state index is -0.307. The minimum absolute atomic E-state index is 0.00537. The molecule has 0 amide bonds. The molecule has 0 aliphatic carbocycles. The van der Waals surface area contributed by atoms with Crippen LogP contribution in [0.4, 0.5) is 4.39 Å². The lowest BCUT2D eigenvalue weighted by atomic mass is 10.1. The first-order valence-electron chi connectivity index (χ1n) is 7.19. The van der Waals surface area contributed by atoms with E-state index in [4.69, 9.17) is 17.3 Å².